The van der Waals surface area contributed by atoms with E-state index in [9.17, 15) is 34.5 Å². The molecular formula is C104H100N18O7S3. The molecule has 17 rings (SSSR count). The smallest absolute Gasteiger partial charge is 0.410 e. The molecule has 5 aromatic heterocycles. The minimum absolute atomic E-state index is 0.0261. The highest BCUT2D eigenvalue weighted by molar-refractivity contribution is 7.16. The van der Waals surface area contributed by atoms with E-state index in [0.29, 0.717) is 42.7 Å². The van der Waals surface area contributed by atoms with Crippen LogP contribution < -0.4 is 27.7 Å². The summed E-state index contributed by atoms with van der Waals surface area (Å²) in [5.74, 6) is 6.02. The SMILES string of the molecule is CC#Cc1cncc(-c2ccc(C3(C)CC(=O)N(C)C(N)=N3)s2)c1.CN1C(=O)[C@@H](c2ccc(C(C)(C)C)cc2)[C@@](C)(c2ccc(-c3cccc(C#N)c3)s2)N=C1N.CN1C(=O)[C@H](c2ccc(C#N)nc2)[C@@](C)(c2cc(-c3cccc(C#N)c3)cs2)N=C1N.COc1cccc(-c2cccc(C3(c4ccccc4)N=C(N)N(CC4CCN(C(=O)OCc5ccccc5)CC4)C3=O)c2)c1. The van der Waals surface area contributed by atoms with Gasteiger partial charge in [0.15, 0.2) is 29.4 Å². The topological polar surface area (TPSA) is 371 Å². The lowest BCUT2D eigenvalue weighted by molar-refractivity contribution is -0.131. The van der Waals surface area contributed by atoms with Crippen molar-refractivity contribution >= 4 is 87.6 Å². The van der Waals surface area contributed by atoms with Gasteiger partial charge in [-0.25, -0.2) is 29.7 Å². The third-order valence-electron chi connectivity index (χ3n) is 24.3. The Kier molecular flexibility index (Phi) is 27.8. The maximum Gasteiger partial charge on any atom is 0.410 e. The van der Waals surface area contributed by atoms with Crippen LogP contribution in [0.25, 0.3) is 43.1 Å². The predicted octanol–water partition coefficient (Wildman–Crippen LogP) is 17.1. The Balaban J connectivity index is 0.000000145. The van der Waals surface area contributed by atoms with Crippen molar-refractivity contribution in [3.05, 3.63) is 325 Å². The molecule has 5 aliphatic rings. The van der Waals surface area contributed by atoms with E-state index in [1.165, 1.54) is 31.6 Å². The van der Waals surface area contributed by atoms with Crippen LogP contribution in [0.15, 0.2) is 274 Å². The number of piperidine rings is 1. The third-order valence-corrected chi connectivity index (χ3v) is 28.2. The fourth-order valence-corrected chi connectivity index (χ4v) is 20.0. The Morgan fingerprint density at radius 1 is 0.530 bits per heavy atom. The molecule has 25 nitrogen and oxygen atoms in total. The molecule has 132 heavy (non-hydrogen) atoms. The Labute approximate surface area is 780 Å². The molecule has 666 valence electrons. The molecule has 8 N–H and O–H groups in total. The number of hydrogen-bond acceptors (Lipinski definition) is 23. The van der Waals surface area contributed by atoms with E-state index in [4.69, 9.17) is 52.6 Å². The summed E-state index contributed by atoms with van der Waals surface area (Å²) in [6.45, 7) is 15.9. The molecule has 6 atom stereocenters. The van der Waals surface area contributed by atoms with Crippen molar-refractivity contribution in [3.8, 4) is 78.9 Å². The second-order valence-corrected chi connectivity index (χ2v) is 37.3. The van der Waals surface area contributed by atoms with Crippen LogP contribution >= 0.6 is 34.0 Å². The Hall–Kier alpha value is -15.2. The van der Waals surface area contributed by atoms with Crippen LogP contribution in [-0.2, 0) is 58.1 Å². The average molecular weight is 1810 g/mol. The first-order valence-corrected chi connectivity index (χ1v) is 45.3. The molecule has 0 saturated carbocycles. The number of rotatable bonds is 16. The molecule has 2 unspecified atom stereocenters. The van der Waals surface area contributed by atoms with Crippen LogP contribution in [0.1, 0.15) is 150 Å². The molecule has 5 amide bonds. The van der Waals surface area contributed by atoms with Gasteiger partial charge in [0.2, 0.25) is 17.7 Å². The molecule has 0 radical (unpaired) electrons. The number of nitrogens with zero attached hydrogens (tertiary/aromatic N) is 14. The highest BCUT2D eigenvalue weighted by atomic mass is 32.1. The normalized spacial score (nSPS) is 20.0. The van der Waals surface area contributed by atoms with Gasteiger partial charge < -0.3 is 37.3 Å². The highest BCUT2D eigenvalue weighted by Crippen LogP contribution is 2.51. The van der Waals surface area contributed by atoms with E-state index in [1.807, 2.05) is 233 Å². The van der Waals surface area contributed by atoms with Crippen LogP contribution in [0.2, 0.25) is 0 Å². The van der Waals surface area contributed by atoms with Crippen LogP contribution in [0.3, 0.4) is 0 Å². The van der Waals surface area contributed by atoms with E-state index in [-0.39, 0.29) is 77.2 Å². The number of ether oxygens (including phenoxy) is 2. The predicted molar refractivity (Wildman–Crippen MR) is 518 cm³/mol. The summed E-state index contributed by atoms with van der Waals surface area (Å²) in [5.41, 5.74) is 34.4. The first-order valence-electron chi connectivity index (χ1n) is 42.8. The third kappa shape index (κ3) is 19.7. The van der Waals surface area contributed by atoms with Crippen molar-refractivity contribution in [1.82, 2.24) is 34.5 Å². The summed E-state index contributed by atoms with van der Waals surface area (Å²) in [5, 5.41) is 29.5. The largest absolute Gasteiger partial charge is 0.497 e. The molecule has 1 saturated heterocycles. The van der Waals surface area contributed by atoms with Crippen LogP contribution in [-0.4, -0.2) is 136 Å². The molecule has 7 aromatic carbocycles. The van der Waals surface area contributed by atoms with Gasteiger partial charge in [0, 0.05) is 94.9 Å². The average Bonchev–Trinajstić information content (AvgIpc) is 1.22. The fourth-order valence-electron chi connectivity index (χ4n) is 16.7. The molecular weight excluding hydrogens is 1710 g/mol. The van der Waals surface area contributed by atoms with Gasteiger partial charge >= 0.3 is 6.09 Å². The van der Waals surface area contributed by atoms with Crippen molar-refractivity contribution in [2.45, 2.75) is 114 Å². The van der Waals surface area contributed by atoms with Gasteiger partial charge in [-0.15, -0.1) is 39.9 Å². The molecule has 28 heteroatoms. The molecule has 10 heterocycles. The Morgan fingerprint density at radius 2 is 1.08 bits per heavy atom. The lowest BCUT2D eigenvalue weighted by Crippen LogP contribution is -2.52. The summed E-state index contributed by atoms with van der Waals surface area (Å²) >= 11 is 4.67. The molecule has 0 bridgehead atoms. The number of nitrogens with two attached hydrogens (primary N) is 4. The first kappa shape index (κ1) is 93.0. The molecule has 0 aliphatic carbocycles. The lowest BCUT2D eigenvalue weighted by atomic mass is 9.76. The number of likely N-dealkylation sites (N-methyl/N-ethyl adjacent to an activating group) is 2. The summed E-state index contributed by atoms with van der Waals surface area (Å²) < 4.78 is 11.0. The van der Waals surface area contributed by atoms with Gasteiger partial charge in [-0.2, -0.15) is 15.8 Å². The fraction of sp³-hybridized carbons (Fsp3) is 0.250. The van der Waals surface area contributed by atoms with Crippen molar-refractivity contribution in [3.63, 3.8) is 0 Å². The zero-order chi connectivity index (χ0) is 94.0. The van der Waals surface area contributed by atoms with Crippen molar-refractivity contribution in [2.24, 2.45) is 48.8 Å². The summed E-state index contributed by atoms with van der Waals surface area (Å²) in [6.07, 6.45) is 6.58. The van der Waals surface area contributed by atoms with E-state index < -0.39 is 34.0 Å². The van der Waals surface area contributed by atoms with Gasteiger partial charge in [-0.1, -0.05) is 172 Å². The minimum Gasteiger partial charge on any atom is -0.497 e. The monoisotopic (exact) mass is 1810 g/mol. The number of thiophene rings is 3. The van der Waals surface area contributed by atoms with E-state index in [2.05, 4.69) is 71.8 Å². The molecule has 1 fully saturated rings. The Morgan fingerprint density at radius 3 is 1.70 bits per heavy atom. The number of hydrogen-bond donors (Lipinski definition) is 4. The van der Waals surface area contributed by atoms with Gasteiger partial charge in [0.1, 0.15) is 40.7 Å². The van der Waals surface area contributed by atoms with Gasteiger partial charge in [0.05, 0.1) is 48.6 Å². The first-order chi connectivity index (χ1) is 63.3. The van der Waals surface area contributed by atoms with Gasteiger partial charge in [-0.3, -0.25) is 43.8 Å². The molecule has 12 aromatic rings. The number of carbonyl (C=O) groups excluding carboxylic acids is 5. The second-order valence-electron chi connectivity index (χ2n) is 34.2. The second kappa shape index (κ2) is 39.4. The number of methoxy groups -OCH3 is 1. The number of carbonyl (C=O) groups is 5. The number of likely N-dealkylation sites (tertiary alicyclic amines) is 1. The quantitative estimate of drug-likeness (QED) is 0.0653. The number of aliphatic imine (C=N–C) groups is 4. The van der Waals surface area contributed by atoms with Crippen LogP contribution in [0.5, 0.6) is 5.75 Å². The van der Waals surface area contributed by atoms with Crippen molar-refractivity contribution < 1.29 is 33.4 Å². The zero-order valence-corrected chi connectivity index (χ0v) is 77.5. The van der Waals surface area contributed by atoms with Crippen LogP contribution in [0.4, 0.5) is 4.79 Å². The van der Waals surface area contributed by atoms with Crippen molar-refractivity contribution in [2.75, 3.05) is 47.9 Å². The number of nitriles is 3. The molecule has 5 aliphatic heterocycles. The van der Waals surface area contributed by atoms with Gasteiger partial charge in [-0.05, 0) is 203 Å². The summed E-state index contributed by atoms with van der Waals surface area (Å²) in [6, 6.07) is 79.9. The lowest BCUT2D eigenvalue weighted by Gasteiger charge is -2.40. The highest BCUT2D eigenvalue weighted by Gasteiger charge is 2.53. The molecule has 0 spiro atoms. The minimum atomic E-state index is -1.30. The summed E-state index contributed by atoms with van der Waals surface area (Å²) in [7, 11) is 6.56. The maximum atomic E-state index is 14.5. The van der Waals surface area contributed by atoms with E-state index in [1.54, 1.807) is 104 Å². The Bertz CT molecular complexity index is 6680. The summed E-state index contributed by atoms with van der Waals surface area (Å²) in [4.78, 5) is 106. The van der Waals surface area contributed by atoms with E-state index in [0.717, 1.165) is 104 Å². The maximum absolute atomic E-state index is 14.5. The van der Waals surface area contributed by atoms with E-state index >= 15 is 0 Å². The van der Waals surface area contributed by atoms with Crippen LogP contribution in [0, 0.1) is 51.8 Å². The van der Waals surface area contributed by atoms with Crippen molar-refractivity contribution in [1.29, 1.82) is 15.8 Å². The number of aromatic nitrogens is 2. The zero-order valence-electron chi connectivity index (χ0n) is 75.1. The standard InChI is InChI=1S/C36H36N4O4.C27H28N4OS.C23H18N6OS.C18H18N4OS/c1-43-32-17-9-13-29(23-32)28-12-8-16-31(22-28)36(30-14-6-3-7-15-30)33(41)40(34(37)38-36)24-26-18-20-39(21-19-26)35(42)44-25-27-10-4-2-5-11-27;1-26(2,3)20-11-9-18(10-12-20)23-24(32)31(5)25(29)30-27(23,4)22-14-13-21(33-22)19-8-6-7-17(15-19)16-28;1-23(19-9-17(13-31-19)15-5-3-4-14(8-15)10-24)20(21(30)29(2)22(26)28-23)16-6-7-18(11-25)27-12-16;1-4-5-12-8-13(11-20-10-12)14-6-7-15(24-14)18(2)9-16(23)22(3)17(19)21-18/h2-17,22-23,26H,18-21,24-25H2,1H3,(H2,37,38);6-15,23H,1-5H3,(H2,29,30);3-9,12-13,20H,1-2H3,(H2,26,28);6-8,10-11H,9H2,1-3H3,(H2,19,21)/t;23-,27-;20-,23+;/m.10./s1. The number of guanidine groups is 4. The number of benzene rings is 7. The van der Waals surface area contributed by atoms with Gasteiger partial charge in [0.25, 0.3) is 5.91 Å². The number of pyridine rings is 2. The number of amides is 5.